The molecule has 10 nitrogen and oxygen atoms in total. The zero-order valence-electron chi connectivity index (χ0n) is 19.6. The molecule has 4 rings (SSSR count). The van der Waals surface area contributed by atoms with Crippen molar-refractivity contribution in [2.75, 3.05) is 25.4 Å². The molecular formula is C22H30N8O2Si. The lowest BCUT2D eigenvalue weighted by atomic mass is 9.87. The van der Waals surface area contributed by atoms with Crippen molar-refractivity contribution in [2.24, 2.45) is 0 Å². The Morgan fingerprint density at radius 3 is 2.76 bits per heavy atom. The maximum atomic E-state index is 11.7. The van der Waals surface area contributed by atoms with Gasteiger partial charge in [0.15, 0.2) is 5.82 Å². The molecule has 11 heteroatoms. The van der Waals surface area contributed by atoms with Gasteiger partial charge < -0.3 is 19.9 Å². The summed E-state index contributed by atoms with van der Waals surface area (Å²) in [7, 11) is -1.15. The standard InChI is InChI=1S/C22H30N8O2Si/c1-16(31)29-12-22(13-29,6-7-23)30-11-18(20(24)27-30)19-17-5-8-28(21(17)26-14-25-19)15-32-9-10-33(2,3)4/h5,8,11,14H,6,9-10,12-13,15H2,1-4H3,(H2,24,27). The number of carbonyl (C=O) groups is 1. The van der Waals surface area contributed by atoms with Crippen LogP contribution < -0.4 is 5.73 Å². The number of amides is 1. The fourth-order valence-electron chi connectivity index (χ4n) is 4.05. The molecule has 1 fully saturated rings. The van der Waals surface area contributed by atoms with Crippen LogP contribution in [0.4, 0.5) is 5.82 Å². The summed E-state index contributed by atoms with van der Waals surface area (Å²) in [6.45, 7) is 10.5. The van der Waals surface area contributed by atoms with E-state index in [1.54, 1.807) is 9.58 Å². The minimum atomic E-state index is -1.15. The molecule has 0 atom stereocenters. The van der Waals surface area contributed by atoms with E-state index in [1.165, 1.54) is 13.3 Å². The number of ether oxygens (including phenoxy) is 1. The normalized spacial score (nSPS) is 15.4. The topological polar surface area (TPSA) is 128 Å². The minimum Gasteiger partial charge on any atom is -0.382 e. The van der Waals surface area contributed by atoms with Crippen molar-refractivity contribution in [1.82, 2.24) is 29.2 Å². The molecule has 1 amide bonds. The number of nitriles is 1. The molecule has 2 N–H and O–H groups in total. The second-order valence-corrected chi connectivity index (χ2v) is 15.5. The molecule has 1 aliphatic heterocycles. The number of aromatic nitrogens is 5. The number of hydrogen-bond donors (Lipinski definition) is 1. The molecule has 4 heterocycles. The molecular weight excluding hydrogens is 436 g/mol. The van der Waals surface area contributed by atoms with E-state index in [2.05, 4.69) is 40.8 Å². The van der Waals surface area contributed by atoms with Crippen molar-refractivity contribution in [2.45, 2.75) is 51.3 Å². The number of nitrogens with zero attached hydrogens (tertiary/aromatic N) is 7. The Labute approximate surface area is 194 Å². The fourth-order valence-corrected chi connectivity index (χ4v) is 4.80. The van der Waals surface area contributed by atoms with Gasteiger partial charge in [0.2, 0.25) is 5.91 Å². The van der Waals surface area contributed by atoms with Gasteiger partial charge in [-0.2, -0.15) is 10.4 Å². The number of anilines is 1. The first kappa shape index (κ1) is 22.9. The van der Waals surface area contributed by atoms with Gasteiger partial charge in [-0.25, -0.2) is 9.97 Å². The van der Waals surface area contributed by atoms with Crippen LogP contribution in [-0.2, 0) is 21.8 Å². The second-order valence-electron chi connectivity index (χ2n) is 9.90. The zero-order valence-corrected chi connectivity index (χ0v) is 20.6. The maximum Gasteiger partial charge on any atom is 0.219 e. The summed E-state index contributed by atoms with van der Waals surface area (Å²) in [6, 6.07) is 5.28. The van der Waals surface area contributed by atoms with Gasteiger partial charge in [0.25, 0.3) is 0 Å². The van der Waals surface area contributed by atoms with Crippen LogP contribution in [0.1, 0.15) is 13.3 Å². The first-order valence-corrected chi connectivity index (χ1v) is 14.7. The number of hydrogen-bond acceptors (Lipinski definition) is 7. The van der Waals surface area contributed by atoms with E-state index in [1.807, 2.05) is 23.0 Å². The maximum absolute atomic E-state index is 11.7. The molecule has 0 unspecified atom stereocenters. The molecule has 0 aromatic carbocycles. The van der Waals surface area contributed by atoms with E-state index in [-0.39, 0.29) is 12.3 Å². The van der Waals surface area contributed by atoms with Crippen LogP contribution >= 0.6 is 0 Å². The van der Waals surface area contributed by atoms with Gasteiger partial charge in [-0.3, -0.25) is 9.48 Å². The number of fused-ring (bicyclic) bond motifs is 1. The molecule has 1 aliphatic rings. The second kappa shape index (κ2) is 8.61. The van der Waals surface area contributed by atoms with Crippen LogP contribution in [0.5, 0.6) is 0 Å². The summed E-state index contributed by atoms with van der Waals surface area (Å²) < 4.78 is 9.58. The van der Waals surface area contributed by atoms with Crippen molar-refractivity contribution < 1.29 is 9.53 Å². The molecule has 0 spiro atoms. The molecule has 174 valence electrons. The quantitative estimate of drug-likeness (QED) is 0.399. The van der Waals surface area contributed by atoms with Crippen LogP contribution in [0.2, 0.25) is 25.7 Å². The molecule has 1 saturated heterocycles. The van der Waals surface area contributed by atoms with Gasteiger partial charge in [-0.15, -0.1) is 0 Å². The van der Waals surface area contributed by atoms with Crippen molar-refractivity contribution >= 4 is 30.8 Å². The Bertz CT molecular complexity index is 1210. The van der Waals surface area contributed by atoms with Gasteiger partial charge in [-0.1, -0.05) is 19.6 Å². The van der Waals surface area contributed by atoms with E-state index in [4.69, 9.17) is 10.5 Å². The number of carbonyl (C=O) groups excluding carboxylic acids is 1. The van der Waals surface area contributed by atoms with Gasteiger partial charge in [0.05, 0.1) is 23.7 Å². The summed E-state index contributed by atoms with van der Waals surface area (Å²) in [5.41, 5.74) is 7.84. The first-order valence-electron chi connectivity index (χ1n) is 11.0. The average molecular weight is 467 g/mol. The third-order valence-electron chi connectivity index (χ3n) is 6.09. The number of rotatable bonds is 8. The highest BCUT2D eigenvalue weighted by molar-refractivity contribution is 6.76. The van der Waals surface area contributed by atoms with E-state index in [0.29, 0.717) is 36.9 Å². The van der Waals surface area contributed by atoms with Crippen LogP contribution in [0.3, 0.4) is 0 Å². The van der Waals surface area contributed by atoms with E-state index >= 15 is 0 Å². The Balaban J connectivity index is 1.60. The van der Waals surface area contributed by atoms with Crippen molar-refractivity contribution in [3.63, 3.8) is 0 Å². The molecule has 0 saturated carbocycles. The van der Waals surface area contributed by atoms with Crippen LogP contribution in [-0.4, -0.2) is 62.9 Å². The van der Waals surface area contributed by atoms with Gasteiger partial charge in [0, 0.05) is 52.5 Å². The van der Waals surface area contributed by atoms with Gasteiger partial charge in [0.1, 0.15) is 24.2 Å². The highest BCUT2D eigenvalue weighted by Crippen LogP contribution is 2.36. The SMILES string of the molecule is CC(=O)N1CC(CC#N)(n2cc(-c3ncnc4c3ccn4COCC[Si](C)(C)C)c(N)n2)C1. The fraction of sp³-hybridized carbons (Fsp3) is 0.500. The molecule has 0 radical (unpaired) electrons. The third-order valence-corrected chi connectivity index (χ3v) is 7.79. The minimum absolute atomic E-state index is 0.0187. The van der Waals surface area contributed by atoms with E-state index < -0.39 is 13.6 Å². The van der Waals surface area contributed by atoms with Crippen molar-refractivity contribution in [1.29, 1.82) is 5.26 Å². The summed E-state index contributed by atoms with van der Waals surface area (Å²) in [5, 5.41) is 14.7. The third kappa shape index (κ3) is 4.49. The first-order chi connectivity index (χ1) is 15.6. The molecule has 3 aromatic heterocycles. The van der Waals surface area contributed by atoms with E-state index in [9.17, 15) is 10.1 Å². The highest BCUT2D eigenvalue weighted by atomic mass is 28.3. The Morgan fingerprint density at radius 2 is 2.09 bits per heavy atom. The van der Waals surface area contributed by atoms with Crippen LogP contribution in [0, 0.1) is 11.3 Å². The molecule has 0 aliphatic carbocycles. The smallest absolute Gasteiger partial charge is 0.219 e. The van der Waals surface area contributed by atoms with Crippen molar-refractivity contribution in [3.8, 4) is 17.3 Å². The lowest BCUT2D eigenvalue weighted by molar-refractivity contribution is -0.140. The number of nitrogens with two attached hydrogens (primary N) is 1. The summed E-state index contributed by atoms with van der Waals surface area (Å²) in [5.74, 6) is 0.308. The Kier molecular flexibility index (Phi) is 5.98. The van der Waals surface area contributed by atoms with Crippen LogP contribution in [0.25, 0.3) is 22.3 Å². The lowest BCUT2D eigenvalue weighted by Crippen LogP contribution is -2.63. The predicted octanol–water partition coefficient (Wildman–Crippen LogP) is 2.66. The van der Waals surface area contributed by atoms with E-state index in [0.717, 1.165) is 23.7 Å². The van der Waals surface area contributed by atoms with Crippen molar-refractivity contribution in [3.05, 3.63) is 24.8 Å². The predicted molar refractivity (Wildman–Crippen MR) is 128 cm³/mol. The zero-order chi connectivity index (χ0) is 23.8. The summed E-state index contributed by atoms with van der Waals surface area (Å²) in [6.07, 6.45) is 5.51. The number of nitrogen functional groups attached to an aromatic ring is 1. The lowest BCUT2D eigenvalue weighted by Gasteiger charge is -2.48. The Hall–Kier alpha value is -3.23. The largest absolute Gasteiger partial charge is 0.382 e. The highest BCUT2D eigenvalue weighted by Gasteiger charge is 2.47. The van der Waals surface area contributed by atoms with Gasteiger partial charge >= 0.3 is 0 Å². The average Bonchev–Trinajstić information content (AvgIpc) is 3.30. The molecule has 0 bridgehead atoms. The molecule has 3 aromatic rings. The number of likely N-dealkylation sites (tertiary alicyclic amines) is 1. The monoisotopic (exact) mass is 466 g/mol. The van der Waals surface area contributed by atoms with Crippen LogP contribution in [0.15, 0.2) is 24.8 Å². The van der Waals surface area contributed by atoms with Gasteiger partial charge in [-0.05, 0) is 12.1 Å². The molecule has 33 heavy (non-hydrogen) atoms. The summed E-state index contributed by atoms with van der Waals surface area (Å²) >= 11 is 0. The Morgan fingerprint density at radius 1 is 1.33 bits per heavy atom. The summed E-state index contributed by atoms with van der Waals surface area (Å²) in [4.78, 5) is 22.3.